The van der Waals surface area contributed by atoms with Gasteiger partial charge in [-0.15, -0.1) is 0 Å². The molecule has 4 N–H and O–H groups in total. The predicted molar refractivity (Wildman–Crippen MR) is 72.5 cm³/mol. The molecule has 0 saturated heterocycles. The van der Waals surface area contributed by atoms with Crippen molar-refractivity contribution in [3.63, 3.8) is 0 Å². The lowest BCUT2D eigenvalue weighted by molar-refractivity contribution is 0.0697. The van der Waals surface area contributed by atoms with Crippen LogP contribution in [0.15, 0.2) is 36.4 Å². The number of carboxylic acid groups (broad SMARTS) is 1. The highest BCUT2D eigenvalue weighted by Crippen LogP contribution is 2.26. The van der Waals surface area contributed by atoms with E-state index in [0.29, 0.717) is 11.4 Å². The minimum Gasteiger partial charge on any atom is -0.478 e. The molecular formula is C13H10ClFN2O2. The summed E-state index contributed by atoms with van der Waals surface area (Å²) in [7, 11) is 0. The molecule has 0 aliphatic heterocycles. The number of nitrogens with one attached hydrogen (secondary N) is 1. The zero-order chi connectivity index (χ0) is 14.0. The molecule has 0 atom stereocenters. The second kappa shape index (κ2) is 5.16. The molecule has 0 unspecified atom stereocenters. The Labute approximate surface area is 113 Å². The number of halogens is 2. The average molecular weight is 281 g/mol. The molecule has 2 aromatic rings. The fourth-order valence-corrected chi connectivity index (χ4v) is 1.81. The van der Waals surface area contributed by atoms with Gasteiger partial charge in [0.15, 0.2) is 0 Å². The van der Waals surface area contributed by atoms with E-state index >= 15 is 0 Å². The SMILES string of the molecule is Nc1cc(C(=O)O)ccc1Nc1cc(F)cc(Cl)c1. The first-order valence-electron chi connectivity index (χ1n) is 5.31. The highest BCUT2D eigenvalue weighted by Gasteiger charge is 2.07. The number of hydrogen-bond acceptors (Lipinski definition) is 3. The Balaban J connectivity index is 2.30. The molecule has 0 aliphatic rings. The van der Waals surface area contributed by atoms with Gasteiger partial charge >= 0.3 is 5.97 Å². The van der Waals surface area contributed by atoms with Gasteiger partial charge < -0.3 is 16.2 Å². The van der Waals surface area contributed by atoms with Crippen LogP contribution in [0.5, 0.6) is 0 Å². The van der Waals surface area contributed by atoms with E-state index in [1.165, 1.54) is 36.4 Å². The number of anilines is 3. The summed E-state index contributed by atoms with van der Waals surface area (Å²) in [5.41, 5.74) is 6.97. The van der Waals surface area contributed by atoms with Crippen molar-refractivity contribution < 1.29 is 14.3 Å². The van der Waals surface area contributed by atoms with Crippen LogP contribution < -0.4 is 11.1 Å². The first-order valence-corrected chi connectivity index (χ1v) is 5.69. The van der Waals surface area contributed by atoms with Crippen LogP contribution in [0.1, 0.15) is 10.4 Å². The molecule has 2 rings (SSSR count). The lowest BCUT2D eigenvalue weighted by Crippen LogP contribution is -2.01. The third kappa shape index (κ3) is 3.14. The van der Waals surface area contributed by atoms with E-state index in [1.54, 1.807) is 0 Å². The van der Waals surface area contributed by atoms with E-state index in [2.05, 4.69) is 5.32 Å². The first-order chi connectivity index (χ1) is 8.95. The number of carbonyl (C=O) groups is 1. The van der Waals surface area contributed by atoms with Gasteiger partial charge in [0.1, 0.15) is 5.82 Å². The van der Waals surface area contributed by atoms with Crippen molar-refractivity contribution in [1.82, 2.24) is 0 Å². The molecule has 0 bridgehead atoms. The summed E-state index contributed by atoms with van der Waals surface area (Å²) in [6.45, 7) is 0. The van der Waals surface area contributed by atoms with Gasteiger partial charge in [-0.2, -0.15) is 0 Å². The largest absolute Gasteiger partial charge is 0.478 e. The third-order valence-electron chi connectivity index (χ3n) is 2.44. The summed E-state index contributed by atoms with van der Waals surface area (Å²) in [5, 5.41) is 12.0. The number of hydrogen-bond donors (Lipinski definition) is 3. The van der Waals surface area contributed by atoms with Crippen LogP contribution in [0.2, 0.25) is 5.02 Å². The van der Waals surface area contributed by atoms with E-state index in [1.807, 2.05) is 0 Å². The number of nitrogens with two attached hydrogens (primary N) is 1. The van der Waals surface area contributed by atoms with E-state index < -0.39 is 11.8 Å². The van der Waals surface area contributed by atoms with Crippen LogP contribution >= 0.6 is 11.6 Å². The van der Waals surface area contributed by atoms with Gasteiger partial charge in [0, 0.05) is 10.7 Å². The van der Waals surface area contributed by atoms with Gasteiger partial charge in [0.2, 0.25) is 0 Å². The molecule has 6 heteroatoms. The molecule has 0 radical (unpaired) electrons. The van der Waals surface area contributed by atoms with Crippen molar-refractivity contribution in [3.05, 3.63) is 52.8 Å². The molecule has 19 heavy (non-hydrogen) atoms. The average Bonchev–Trinajstić information content (AvgIpc) is 2.30. The normalized spacial score (nSPS) is 10.2. The smallest absolute Gasteiger partial charge is 0.335 e. The fraction of sp³-hybridized carbons (Fsp3) is 0. The van der Waals surface area contributed by atoms with Gasteiger partial charge in [-0.1, -0.05) is 11.6 Å². The monoisotopic (exact) mass is 280 g/mol. The Morgan fingerprint density at radius 3 is 2.58 bits per heavy atom. The quantitative estimate of drug-likeness (QED) is 0.752. The molecule has 0 fully saturated rings. The Morgan fingerprint density at radius 2 is 2.00 bits per heavy atom. The number of benzene rings is 2. The third-order valence-corrected chi connectivity index (χ3v) is 2.66. The molecule has 0 saturated carbocycles. The van der Waals surface area contributed by atoms with E-state index in [0.717, 1.165) is 0 Å². The molecular weight excluding hydrogens is 271 g/mol. The van der Waals surface area contributed by atoms with Crippen LogP contribution in [0, 0.1) is 5.82 Å². The molecule has 4 nitrogen and oxygen atoms in total. The summed E-state index contributed by atoms with van der Waals surface area (Å²) in [5.74, 6) is -1.54. The highest BCUT2D eigenvalue weighted by atomic mass is 35.5. The Bertz CT molecular complexity index is 626. The number of carboxylic acids is 1. The number of nitrogen functional groups attached to an aromatic ring is 1. The summed E-state index contributed by atoms with van der Waals surface area (Å²) in [6.07, 6.45) is 0. The zero-order valence-electron chi connectivity index (χ0n) is 9.65. The fourth-order valence-electron chi connectivity index (χ4n) is 1.59. The summed E-state index contributed by atoms with van der Waals surface area (Å²) in [4.78, 5) is 10.8. The van der Waals surface area contributed by atoms with Crippen LogP contribution in [0.25, 0.3) is 0 Å². The zero-order valence-corrected chi connectivity index (χ0v) is 10.4. The van der Waals surface area contributed by atoms with Gasteiger partial charge in [-0.3, -0.25) is 0 Å². The molecule has 2 aromatic carbocycles. The minimum atomic E-state index is -1.06. The maximum Gasteiger partial charge on any atom is 0.335 e. The van der Waals surface area contributed by atoms with Crippen molar-refractivity contribution in [2.24, 2.45) is 0 Å². The van der Waals surface area contributed by atoms with Crippen LogP contribution in [0.3, 0.4) is 0 Å². The Morgan fingerprint density at radius 1 is 1.26 bits per heavy atom. The summed E-state index contributed by atoms with van der Waals surface area (Å²) < 4.78 is 13.2. The van der Waals surface area contributed by atoms with Crippen molar-refractivity contribution in [2.75, 3.05) is 11.1 Å². The standard InChI is InChI=1S/C13H10ClFN2O2/c14-8-4-9(15)6-10(5-8)17-12-2-1-7(13(18)19)3-11(12)16/h1-6,17H,16H2,(H,18,19). The summed E-state index contributed by atoms with van der Waals surface area (Å²) >= 11 is 5.73. The van der Waals surface area contributed by atoms with Crippen molar-refractivity contribution >= 4 is 34.6 Å². The second-order valence-corrected chi connectivity index (χ2v) is 4.33. The van der Waals surface area contributed by atoms with E-state index in [9.17, 15) is 9.18 Å². The first kappa shape index (κ1) is 13.2. The van der Waals surface area contributed by atoms with Crippen LogP contribution in [-0.2, 0) is 0 Å². The molecule has 0 aromatic heterocycles. The topological polar surface area (TPSA) is 75.4 Å². The lowest BCUT2D eigenvalue weighted by atomic mass is 10.1. The predicted octanol–water partition coefficient (Wildman–Crippen LogP) is 3.50. The van der Waals surface area contributed by atoms with Gasteiger partial charge in [-0.25, -0.2) is 9.18 Å². The highest BCUT2D eigenvalue weighted by molar-refractivity contribution is 6.30. The van der Waals surface area contributed by atoms with Crippen molar-refractivity contribution in [3.8, 4) is 0 Å². The number of rotatable bonds is 3. The molecule has 0 amide bonds. The molecule has 0 spiro atoms. The van der Waals surface area contributed by atoms with Crippen molar-refractivity contribution in [1.29, 1.82) is 0 Å². The maximum atomic E-state index is 13.2. The molecule has 0 heterocycles. The number of aromatic carboxylic acids is 1. The van der Waals surface area contributed by atoms with Gasteiger partial charge in [0.25, 0.3) is 0 Å². The second-order valence-electron chi connectivity index (χ2n) is 3.89. The van der Waals surface area contributed by atoms with Gasteiger partial charge in [-0.05, 0) is 36.4 Å². The Kier molecular flexibility index (Phi) is 3.57. The molecule has 0 aliphatic carbocycles. The Hall–Kier alpha value is -2.27. The summed E-state index contributed by atoms with van der Waals surface area (Å²) in [6, 6.07) is 8.22. The minimum absolute atomic E-state index is 0.0836. The van der Waals surface area contributed by atoms with Gasteiger partial charge in [0.05, 0.1) is 16.9 Å². The van der Waals surface area contributed by atoms with E-state index in [-0.39, 0.29) is 16.3 Å². The maximum absolute atomic E-state index is 13.2. The van der Waals surface area contributed by atoms with E-state index in [4.69, 9.17) is 22.4 Å². The van der Waals surface area contributed by atoms with Crippen molar-refractivity contribution in [2.45, 2.75) is 0 Å². The molecule has 98 valence electrons. The lowest BCUT2D eigenvalue weighted by Gasteiger charge is -2.10. The van der Waals surface area contributed by atoms with Crippen LogP contribution in [-0.4, -0.2) is 11.1 Å². The van der Waals surface area contributed by atoms with Crippen LogP contribution in [0.4, 0.5) is 21.5 Å².